The molecule has 1 N–H and O–H groups in total. The number of hydrogen-bond donors (Lipinski definition) is 1. The van der Waals surface area contributed by atoms with Crippen molar-refractivity contribution < 1.29 is 14.3 Å². The monoisotopic (exact) mass is 238 g/mol. The van der Waals surface area contributed by atoms with Gasteiger partial charge in [0.25, 0.3) is 0 Å². The van der Waals surface area contributed by atoms with Crippen molar-refractivity contribution >= 4 is 5.97 Å². The van der Waals surface area contributed by atoms with Gasteiger partial charge in [0.2, 0.25) is 0 Å². The number of halogens is 1. The molecule has 0 aliphatic rings. The van der Waals surface area contributed by atoms with Crippen LogP contribution in [0.4, 0.5) is 4.39 Å². The van der Waals surface area contributed by atoms with E-state index in [4.69, 9.17) is 5.11 Å². The van der Waals surface area contributed by atoms with Crippen LogP contribution in [0.2, 0.25) is 0 Å². The van der Waals surface area contributed by atoms with Crippen LogP contribution in [-0.4, -0.2) is 11.1 Å². The zero-order chi connectivity index (χ0) is 12.7. The molecule has 1 atom stereocenters. The van der Waals surface area contributed by atoms with Crippen LogP contribution in [-0.2, 0) is 11.2 Å². The highest BCUT2D eigenvalue weighted by Gasteiger charge is 2.16. The summed E-state index contributed by atoms with van der Waals surface area (Å²) >= 11 is 0. The van der Waals surface area contributed by atoms with Gasteiger partial charge in [0.05, 0.1) is 5.92 Å². The first-order valence-electron chi connectivity index (χ1n) is 6.10. The second-order valence-corrected chi connectivity index (χ2v) is 4.34. The average molecular weight is 238 g/mol. The van der Waals surface area contributed by atoms with Crippen molar-refractivity contribution in [2.24, 2.45) is 5.92 Å². The van der Waals surface area contributed by atoms with Crippen molar-refractivity contribution in [3.8, 4) is 0 Å². The fraction of sp³-hybridized carbons (Fsp3) is 0.500. The van der Waals surface area contributed by atoms with Crippen molar-refractivity contribution in [3.63, 3.8) is 0 Å². The standard InChI is InChI=1S/C14H19FO2/c1-2-3-4-12(14(16)17)8-5-11-6-9-13(15)10-7-11/h6-7,9-10,12H,2-5,8H2,1H3,(H,16,17)/t12-/m1/s1. The highest BCUT2D eigenvalue weighted by atomic mass is 19.1. The predicted octanol–water partition coefficient (Wildman–Crippen LogP) is 3.65. The Morgan fingerprint density at radius 3 is 2.47 bits per heavy atom. The molecule has 2 nitrogen and oxygen atoms in total. The van der Waals surface area contributed by atoms with Crippen LogP contribution in [0.25, 0.3) is 0 Å². The van der Waals surface area contributed by atoms with Gasteiger partial charge >= 0.3 is 5.97 Å². The molecule has 3 heteroatoms. The molecule has 1 aromatic carbocycles. The second kappa shape index (κ2) is 7.05. The smallest absolute Gasteiger partial charge is 0.306 e. The topological polar surface area (TPSA) is 37.3 Å². The third kappa shape index (κ3) is 4.98. The molecule has 0 amide bonds. The molecule has 0 aliphatic heterocycles. The Morgan fingerprint density at radius 2 is 1.94 bits per heavy atom. The lowest BCUT2D eigenvalue weighted by molar-refractivity contribution is -0.142. The fourth-order valence-electron chi connectivity index (χ4n) is 1.83. The maximum Gasteiger partial charge on any atom is 0.306 e. The van der Waals surface area contributed by atoms with Crippen LogP contribution >= 0.6 is 0 Å². The lowest BCUT2D eigenvalue weighted by Crippen LogP contribution is -2.14. The molecule has 17 heavy (non-hydrogen) atoms. The van der Waals surface area contributed by atoms with E-state index in [1.54, 1.807) is 12.1 Å². The van der Waals surface area contributed by atoms with E-state index in [0.29, 0.717) is 12.8 Å². The number of aliphatic carboxylic acids is 1. The van der Waals surface area contributed by atoms with Crippen LogP contribution in [0.1, 0.15) is 38.2 Å². The van der Waals surface area contributed by atoms with Crippen LogP contribution in [0.5, 0.6) is 0 Å². The summed E-state index contributed by atoms with van der Waals surface area (Å²) in [6.07, 6.45) is 4.01. The fourth-order valence-corrected chi connectivity index (χ4v) is 1.83. The number of carboxylic acid groups (broad SMARTS) is 1. The van der Waals surface area contributed by atoms with E-state index in [1.807, 2.05) is 0 Å². The summed E-state index contributed by atoms with van der Waals surface area (Å²) in [5.41, 5.74) is 0.995. The summed E-state index contributed by atoms with van der Waals surface area (Å²) in [5, 5.41) is 9.06. The van der Waals surface area contributed by atoms with Crippen molar-refractivity contribution in [2.75, 3.05) is 0 Å². The Labute approximate surface area is 101 Å². The van der Waals surface area contributed by atoms with E-state index < -0.39 is 5.97 Å². The number of benzene rings is 1. The SMILES string of the molecule is CCCC[C@H](CCc1ccc(F)cc1)C(=O)O. The molecule has 0 radical (unpaired) electrons. The summed E-state index contributed by atoms with van der Waals surface area (Å²) in [6, 6.07) is 6.26. The second-order valence-electron chi connectivity index (χ2n) is 4.34. The Bertz CT molecular complexity index is 346. The Balaban J connectivity index is 2.45. The molecule has 0 aliphatic carbocycles. The number of unbranched alkanes of at least 4 members (excludes halogenated alkanes) is 1. The first kappa shape index (κ1) is 13.7. The van der Waals surface area contributed by atoms with Crippen molar-refractivity contribution in [1.82, 2.24) is 0 Å². The largest absolute Gasteiger partial charge is 0.481 e. The summed E-state index contributed by atoms with van der Waals surface area (Å²) in [7, 11) is 0. The van der Waals surface area contributed by atoms with E-state index in [9.17, 15) is 9.18 Å². The zero-order valence-electron chi connectivity index (χ0n) is 10.2. The summed E-state index contributed by atoms with van der Waals surface area (Å²) in [6.45, 7) is 2.05. The molecule has 0 heterocycles. The van der Waals surface area contributed by atoms with E-state index in [-0.39, 0.29) is 11.7 Å². The number of hydrogen-bond acceptors (Lipinski definition) is 1. The molecule has 1 aromatic rings. The Morgan fingerprint density at radius 1 is 1.29 bits per heavy atom. The van der Waals surface area contributed by atoms with E-state index in [2.05, 4.69) is 6.92 Å². The average Bonchev–Trinajstić information content (AvgIpc) is 2.31. The first-order chi connectivity index (χ1) is 8.13. The zero-order valence-corrected chi connectivity index (χ0v) is 10.2. The number of carboxylic acids is 1. The van der Waals surface area contributed by atoms with Crippen molar-refractivity contribution in [3.05, 3.63) is 35.6 Å². The van der Waals surface area contributed by atoms with Gasteiger partial charge in [-0.15, -0.1) is 0 Å². The predicted molar refractivity (Wildman–Crippen MR) is 65.4 cm³/mol. The van der Waals surface area contributed by atoms with Crippen LogP contribution in [0.15, 0.2) is 24.3 Å². The van der Waals surface area contributed by atoms with E-state index in [0.717, 1.165) is 24.8 Å². The quantitative estimate of drug-likeness (QED) is 0.787. The molecule has 0 fully saturated rings. The van der Waals surface area contributed by atoms with Gasteiger partial charge in [-0.2, -0.15) is 0 Å². The summed E-state index contributed by atoms with van der Waals surface area (Å²) < 4.78 is 12.7. The maximum atomic E-state index is 12.7. The van der Waals surface area contributed by atoms with Gasteiger partial charge in [-0.3, -0.25) is 4.79 Å². The molecular weight excluding hydrogens is 219 g/mol. The number of aryl methyl sites for hydroxylation is 1. The minimum Gasteiger partial charge on any atom is -0.481 e. The highest BCUT2D eigenvalue weighted by molar-refractivity contribution is 5.69. The van der Waals surface area contributed by atoms with Crippen molar-refractivity contribution in [1.29, 1.82) is 0 Å². The lowest BCUT2D eigenvalue weighted by Gasteiger charge is -2.11. The summed E-state index contributed by atoms with van der Waals surface area (Å²) in [4.78, 5) is 11.0. The minimum atomic E-state index is -0.722. The van der Waals surface area contributed by atoms with Gasteiger partial charge in [0.15, 0.2) is 0 Å². The molecule has 0 unspecified atom stereocenters. The molecule has 0 aromatic heterocycles. The number of carbonyl (C=O) groups is 1. The third-order valence-electron chi connectivity index (χ3n) is 2.95. The van der Waals surface area contributed by atoms with Crippen LogP contribution in [0.3, 0.4) is 0 Å². The van der Waals surface area contributed by atoms with Crippen LogP contribution in [0, 0.1) is 11.7 Å². The molecular formula is C14H19FO2. The molecule has 1 rings (SSSR count). The molecule has 0 saturated heterocycles. The first-order valence-corrected chi connectivity index (χ1v) is 6.10. The Kier molecular flexibility index (Phi) is 5.67. The van der Waals surface area contributed by atoms with Gasteiger partial charge < -0.3 is 5.11 Å². The Hall–Kier alpha value is -1.38. The van der Waals surface area contributed by atoms with E-state index >= 15 is 0 Å². The molecule has 0 spiro atoms. The van der Waals surface area contributed by atoms with Gasteiger partial charge in [0, 0.05) is 0 Å². The van der Waals surface area contributed by atoms with Gasteiger partial charge in [-0.05, 0) is 37.0 Å². The number of rotatable bonds is 7. The highest BCUT2D eigenvalue weighted by Crippen LogP contribution is 2.16. The molecule has 0 bridgehead atoms. The molecule has 94 valence electrons. The van der Waals surface area contributed by atoms with Gasteiger partial charge in [-0.25, -0.2) is 4.39 Å². The van der Waals surface area contributed by atoms with E-state index in [1.165, 1.54) is 12.1 Å². The van der Waals surface area contributed by atoms with Crippen LogP contribution < -0.4 is 0 Å². The molecule has 0 saturated carbocycles. The lowest BCUT2D eigenvalue weighted by atomic mass is 9.94. The normalized spacial score (nSPS) is 12.4. The maximum absolute atomic E-state index is 12.7. The minimum absolute atomic E-state index is 0.255. The third-order valence-corrected chi connectivity index (χ3v) is 2.95. The summed E-state index contributed by atoms with van der Waals surface area (Å²) in [5.74, 6) is -1.25. The van der Waals surface area contributed by atoms with Gasteiger partial charge in [0.1, 0.15) is 5.82 Å². The van der Waals surface area contributed by atoms with Crippen molar-refractivity contribution in [2.45, 2.75) is 39.0 Å². The van der Waals surface area contributed by atoms with Gasteiger partial charge in [-0.1, -0.05) is 31.9 Å².